The second-order valence-corrected chi connectivity index (χ2v) is 5.95. The van der Waals surface area contributed by atoms with E-state index in [4.69, 9.17) is 21.1 Å². The summed E-state index contributed by atoms with van der Waals surface area (Å²) in [5.74, 6) is 0.968. The Morgan fingerprint density at radius 2 is 1.81 bits per heavy atom. The minimum atomic E-state index is -0.183. The molecule has 6 nitrogen and oxygen atoms in total. The number of aromatic amines is 1. The summed E-state index contributed by atoms with van der Waals surface area (Å²) in [7, 11) is 3.05. The predicted octanol–water partition coefficient (Wildman–Crippen LogP) is 3.90. The summed E-state index contributed by atoms with van der Waals surface area (Å²) >= 11 is 6.10. The van der Waals surface area contributed by atoms with E-state index in [1.165, 1.54) is 25.1 Å². The molecule has 0 spiro atoms. The van der Waals surface area contributed by atoms with Crippen molar-refractivity contribution in [2.24, 2.45) is 4.99 Å². The second kappa shape index (κ2) is 7.49. The summed E-state index contributed by atoms with van der Waals surface area (Å²) in [5, 5.41) is 3.49. The van der Waals surface area contributed by atoms with E-state index in [1.54, 1.807) is 12.1 Å². The topological polar surface area (TPSA) is 68.6 Å². The van der Waals surface area contributed by atoms with Gasteiger partial charge in [0.05, 0.1) is 30.5 Å². The van der Waals surface area contributed by atoms with Crippen molar-refractivity contribution >= 4 is 23.5 Å². The number of hydrogen-bond acceptors (Lipinski definition) is 4. The van der Waals surface area contributed by atoms with Crippen molar-refractivity contribution in [3.63, 3.8) is 0 Å². The molecule has 1 N–H and O–H groups in total. The van der Waals surface area contributed by atoms with Gasteiger partial charge in [0.1, 0.15) is 17.2 Å². The van der Waals surface area contributed by atoms with Crippen LogP contribution in [0.15, 0.2) is 52.3 Å². The first-order chi connectivity index (χ1) is 12.5. The lowest BCUT2D eigenvalue weighted by molar-refractivity contribution is 0.404. The van der Waals surface area contributed by atoms with E-state index in [9.17, 15) is 4.79 Å². The van der Waals surface area contributed by atoms with Gasteiger partial charge in [0.15, 0.2) is 0 Å². The molecule has 0 radical (unpaired) electrons. The maximum atomic E-state index is 12.7. The van der Waals surface area contributed by atoms with Crippen LogP contribution in [0.25, 0.3) is 5.69 Å². The number of ether oxygens (including phenoxy) is 2. The van der Waals surface area contributed by atoms with Crippen LogP contribution >= 0.6 is 11.6 Å². The van der Waals surface area contributed by atoms with Crippen LogP contribution in [0.2, 0.25) is 5.02 Å². The summed E-state index contributed by atoms with van der Waals surface area (Å²) in [6.45, 7) is 1.82. The maximum absolute atomic E-state index is 12.7. The second-order valence-electron chi connectivity index (χ2n) is 5.54. The lowest BCUT2D eigenvalue weighted by Gasteiger charge is -2.08. The largest absolute Gasteiger partial charge is 0.495 e. The summed E-state index contributed by atoms with van der Waals surface area (Å²) in [6, 6.07) is 12.6. The highest BCUT2D eigenvalue weighted by molar-refractivity contribution is 6.32. The molecule has 134 valence electrons. The molecule has 0 unspecified atom stereocenters. The molecule has 26 heavy (non-hydrogen) atoms. The molecular formula is C19H18ClN3O3. The Balaban J connectivity index is 2.03. The lowest BCUT2D eigenvalue weighted by atomic mass is 10.2. The van der Waals surface area contributed by atoms with Gasteiger partial charge in [-0.3, -0.25) is 14.9 Å². The standard InChI is InChI=1S/C19H18ClN3O3/c1-12-14(19(24)23(22-12)13-7-5-4-6-8-13)11-21-16-10-17(25-2)15(20)9-18(16)26-3/h4-11,22H,1-3H3. The van der Waals surface area contributed by atoms with Crippen molar-refractivity contribution in [1.29, 1.82) is 0 Å². The summed E-state index contributed by atoms with van der Waals surface area (Å²) < 4.78 is 12.0. The smallest absolute Gasteiger partial charge is 0.280 e. The summed E-state index contributed by atoms with van der Waals surface area (Å²) in [5.41, 5.74) is 2.26. The van der Waals surface area contributed by atoms with Crippen molar-refractivity contribution < 1.29 is 9.47 Å². The number of halogens is 1. The molecule has 0 amide bonds. The third-order valence-electron chi connectivity index (χ3n) is 3.92. The number of nitrogens with one attached hydrogen (secondary N) is 1. The summed E-state index contributed by atoms with van der Waals surface area (Å²) in [4.78, 5) is 17.1. The third kappa shape index (κ3) is 3.36. The monoisotopic (exact) mass is 371 g/mol. The Morgan fingerprint density at radius 1 is 1.12 bits per heavy atom. The van der Waals surface area contributed by atoms with E-state index in [0.717, 1.165) is 5.69 Å². The summed E-state index contributed by atoms with van der Waals surface area (Å²) in [6.07, 6.45) is 1.51. The number of benzene rings is 2. The first kappa shape index (κ1) is 17.8. The van der Waals surface area contributed by atoms with Crippen LogP contribution in [0.1, 0.15) is 11.3 Å². The van der Waals surface area contributed by atoms with Crippen LogP contribution in [0.4, 0.5) is 5.69 Å². The van der Waals surface area contributed by atoms with E-state index in [-0.39, 0.29) is 5.56 Å². The SMILES string of the molecule is COc1cc(N=Cc2c(C)[nH]n(-c3ccccc3)c2=O)c(OC)cc1Cl. The molecule has 0 aliphatic rings. The Labute approximate surface area is 155 Å². The van der Waals surface area contributed by atoms with Gasteiger partial charge in [-0.2, -0.15) is 0 Å². The molecule has 2 aromatic carbocycles. The number of aryl methyl sites for hydroxylation is 1. The van der Waals surface area contributed by atoms with Crippen LogP contribution in [0.5, 0.6) is 11.5 Å². The average Bonchev–Trinajstić information content (AvgIpc) is 2.95. The fourth-order valence-electron chi connectivity index (χ4n) is 2.55. The van der Waals surface area contributed by atoms with Gasteiger partial charge in [-0.05, 0) is 19.1 Å². The molecule has 0 bridgehead atoms. The average molecular weight is 372 g/mol. The van der Waals surface area contributed by atoms with Crippen LogP contribution in [0, 0.1) is 6.92 Å². The highest BCUT2D eigenvalue weighted by atomic mass is 35.5. The van der Waals surface area contributed by atoms with Gasteiger partial charge in [-0.1, -0.05) is 29.8 Å². The molecule has 1 aromatic heterocycles. The predicted molar refractivity (Wildman–Crippen MR) is 103 cm³/mol. The van der Waals surface area contributed by atoms with Crippen molar-refractivity contribution in [3.05, 3.63) is 69.1 Å². The minimum Gasteiger partial charge on any atom is -0.495 e. The number of hydrogen-bond donors (Lipinski definition) is 1. The Hall–Kier alpha value is -2.99. The zero-order valence-corrected chi connectivity index (χ0v) is 15.4. The number of H-pyrrole nitrogens is 1. The van der Waals surface area contributed by atoms with Crippen molar-refractivity contribution in [2.45, 2.75) is 6.92 Å². The normalized spacial score (nSPS) is 11.1. The molecule has 7 heteroatoms. The van der Waals surface area contributed by atoms with E-state index in [2.05, 4.69) is 10.1 Å². The molecule has 0 aliphatic carbocycles. The zero-order chi connectivity index (χ0) is 18.7. The Bertz CT molecular complexity index is 1010. The number of aromatic nitrogens is 2. The third-order valence-corrected chi connectivity index (χ3v) is 4.21. The van der Waals surface area contributed by atoms with Crippen molar-refractivity contribution in [3.8, 4) is 17.2 Å². The number of rotatable bonds is 5. The van der Waals surface area contributed by atoms with Gasteiger partial charge < -0.3 is 9.47 Å². The Kier molecular flexibility index (Phi) is 5.14. The van der Waals surface area contributed by atoms with Crippen molar-refractivity contribution in [2.75, 3.05) is 14.2 Å². The molecule has 0 fully saturated rings. The van der Waals surface area contributed by atoms with E-state index < -0.39 is 0 Å². The van der Waals surface area contributed by atoms with Gasteiger partial charge >= 0.3 is 0 Å². The first-order valence-corrected chi connectivity index (χ1v) is 8.25. The van der Waals surface area contributed by atoms with Gasteiger partial charge in [0.25, 0.3) is 5.56 Å². The fraction of sp³-hybridized carbons (Fsp3) is 0.158. The molecule has 0 aliphatic heterocycles. The maximum Gasteiger partial charge on any atom is 0.280 e. The van der Waals surface area contributed by atoms with Gasteiger partial charge in [-0.25, -0.2) is 4.68 Å². The van der Waals surface area contributed by atoms with E-state index in [0.29, 0.717) is 33.5 Å². The van der Waals surface area contributed by atoms with Gasteiger partial charge in [0, 0.05) is 24.0 Å². The fourth-order valence-corrected chi connectivity index (χ4v) is 2.78. The molecule has 0 saturated carbocycles. The molecule has 0 saturated heterocycles. The molecule has 0 atom stereocenters. The molecule has 3 rings (SSSR count). The Morgan fingerprint density at radius 3 is 2.46 bits per heavy atom. The number of aliphatic imine (C=N–C) groups is 1. The van der Waals surface area contributed by atoms with Crippen LogP contribution in [-0.4, -0.2) is 30.2 Å². The van der Waals surface area contributed by atoms with Gasteiger partial charge in [-0.15, -0.1) is 0 Å². The highest BCUT2D eigenvalue weighted by Gasteiger charge is 2.12. The molecule has 3 aromatic rings. The lowest BCUT2D eigenvalue weighted by Crippen LogP contribution is -2.17. The number of nitrogens with zero attached hydrogens (tertiary/aromatic N) is 2. The number of methoxy groups -OCH3 is 2. The highest BCUT2D eigenvalue weighted by Crippen LogP contribution is 2.37. The quantitative estimate of drug-likeness (QED) is 0.691. The van der Waals surface area contributed by atoms with Crippen LogP contribution < -0.4 is 15.0 Å². The number of para-hydroxylation sites is 1. The van der Waals surface area contributed by atoms with Crippen LogP contribution in [0.3, 0.4) is 0 Å². The van der Waals surface area contributed by atoms with E-state index in [1.807, 2.05) is 37.3 Å². The van der Waals surface area contributed by atoms with E-state index >= 15 is 0 Å². The minimum absolute atomic E-state index is 0.183. The zero-order valence-electron chi connectivity index (χ0n) is 14.6. The first-order valence-electron chi connectivity index (χ1n) is 7.87. The van der Waals surface area contributed by atoms with Gasteiger partial charge in [0.2, 0.25) is 0 Å². The molecular weight excluding hydrogens is 354 g/mol. The van der Waals surface area contributed by atoms with Crippen molar-refractivity contribution in [1.82, 2.24) is 9.78 Å². The molecule has 1 heterocycles. The van der Waals surface area contributed by atoms with Crippen LogP contribution in [-0.2, 0) is 0 Å².